The van der Waals surface area contributed by atoms with Crippen LogP contribution in [0.25, 0.3) is 0 Å². The van der Waals surface area contributed by atoms with Crippen LogP contribution in [0, 0.1) is 35.1 Å². The van der Waals surface area contributed by atoms with E-state index in [1.54, 1.807) is 38.1 Å². The van der Waals surface area contributed by atoms with Crippen molar-refractivity contribution in [1.29, 1.82) is 0 Å². The van der Waals surface area contributed by atoms with Crippen LogP contribution in [0.1, 0.15) is 38.7 Å². The highest BCUT2D eigenvalue weighted by atomic mass is 35.5. The summed E-state index contributed by atoms with van der Waals surface area (Å²) in [6, 6.07) is 4.42. The first-order valence-electron chi connectivity index (χ1n) is 13.6. The first-order chi connectivity index (χ1) is 20.3. The van der Waals surface area contributed by atoms with Gasteiger partial charge in [0.05, 0.1) is 12.6 Å². The van der Waals surface area contributed by atoms with Gasteiger partial charge < -0.3 is 25.4 Å². The second kappa shape index (κ2) is 15.6. The van der Waals surface area contributed by atoms with Crippen molar-refractivity contribution >= 4 is 35.3 Å². The molecule has 234 valence electrons. The third kappa shape index (κ3) is 9.84. The van der Waals surface area contributed by atoms with Gasteiger partial charge in [-0.15, -0.1) is 0 Å². The van der Waals surface area contributed by atoms with Crippen molar-refractivity contribution in [2.75, 3.05) is 19.8 Å². The van der Waals surface area contributed by atoms with Gasteiger partial charge in [0.15, 0.2) is 23.2 Å². The summed E-state index contributed by atoms with van der Waals surface area (Å²) in [5.74, 6) is -11.4. The van der Waals surface area contributed by atoms with E-state index in [0.717, 1.165) is 5.56 Å². The summed E-state index contributed by atoms with van der Waals surface area (Å²) in [5.41, 5.74) is 0.831. The second-order valence-corrected chi connectivity index (χ2v) is 10.9. The number of amides is 3. The zero-order valence-corrected chi connectivity index (χ0v) is 24.2. The van der Waals surface area contributed by atoms with E-state index in [4.69, 9.17) is 21.1 Å². The molecule has 0 spiro atoms. The molecule has 3 N–H and O–H groups in total. The van der Waals surface area contributed by atoms with E-state index in [9.17, 15) is 36.7 Å². The molecular formula is C29H32ClF4N3O6. The number of carbonyl (C=O) groups excluding carboxylic acids is 4. The van der Waals surface area contributed by atoms with Crippen LogP contribution >= 0.6 is 11.6 Å². The fraction of sp³-hybridized carbons (Fsp3) is 0.448. The third-order valence-corrected chi connectivity index (χ3v) is 6.88. The molecule has 0 saturated carbocycles. The van der Waals surface area contributed by atoms with Gasteiger partial charge in [0.1, 0.15) is 12.6 Å². The Labute approximate surface area is 250 Å². The smallest absolute Gasteiger partial charge is 0.407 e. The molecule has 9 nitrogen and oxygen atoms in total. The number of hydrogen-bond donors (Lipinski definition) is 3. The summed E-state index contributed by atoms with van der Waals surface area (Å²) in [7, 11) is 0. The van der Waals surface area contributed by atoms with Gasteiger partial charge in [-0.3, -0.25) is 14.4 Å². The van der Waals surface area contributed by atoms with E-state index in [-0.39, 0.29) is 37.3 Å². The molecule has 3 atom stereocenters. The van der Waals surface area contributed by atoms with Crippen molar-refractivity contribution in [2.45, 2.75) is 51.6 Å². The highest BCUT2D eigenvalue weighted by Crippen LogP contribution is 2.27. The predicted octanol–water partition coefficient (Wildman–Crippen LogP) is 4.24. The van der Waals surface area contributed by atoms with Crippen LogP contribution in [-0.4, -0.2) is 55.5 Å². The first-order valence-corrected chi connectivity index (χ1v) is 14.0. The predicted molar refractivity (Wildman–Crippen MR) is 147 cm³/mol. The van der Waals surface area contributed by atoms with Crippen LogP contribution in [0.4, 0.5) is 22.4 Å². The maximum Gasteiger partial charge on any atom is 0.407 e. The highest BCUT2D eigenvalue weighted by Gasteiger charge is 2.34. The van der Waals surface area contributed by atoms with Crippen LogP contribution in [0.15, 0.2) is 30.3 Å². The van der Waals surface area contributed by atoms with Gasteiger partial charge >= 0.3 is 6.09 Å². The summed E-state index contributed by atoms with van der Waals surface area (Å²) in [6.07, 6.45) is -0.213. The number of ether oxygens (including phenoxy) is 2. The van der Waals surface area contributed by atoms with Crippen LogP contribution in [0.2, 0.25) is 5.02 Å². The summed E-state index contributed by atoms with van der Waals surface area (Å²) in [6.45, 7) is 2.85. The number of Topliss-reactive ketones (excluding diaryl/α,β-unsaturated/α-hetero) is 1. The summed E-state index contributed by atoms with van der Waals surface area (Å²) < 4.78 is 65.2. The lowest BCUT2D eigenvalue weighted by Gasteiger charge is -2.25. The number of benzene rings is 2. The Hall–Kier alpha value is -3.87. The Morgan fingerprint density at radius 2 is 1.74 bits per heavy atom. The first kappa shape index (κ1) is 33.6. The Kier molecular flexibility index (Phi) is 12.2. The Morgan fingerprint density at radius 1 is 1.05 bits per heavy atom. The van der Waals surface area contributed by atoms with Crippen molar-refractivity contribution < 1.29 is 46.2 Å². The standard InChI is InChI=1S/C29H32ClF4N3O6/c1-15(2)10-22(37-29(41)42-9-7-16-4-3-5-18(30)11-16)28(40)36-21(12-17-6-8-35-27(17)39)23(38)14-43-26-24(33)19(31)13-20(32)25(26)34/h3-5,11,13,15,17,21-22H,6-10,12,14H2,1-2H3,(H,35,39)(H,36,40)(H,37,41). The van der Waals surface area contributed by atoms with E-state index in [2.05, 4.69) is 16.0 Å². The topological polar surface area (TPSA) is 123 Å². The van der Waals surface area contributed by atoms with E-state index in [1.165, 1.54) is 0 Å². The molecule has 3 amide bonds. The van der Waals surface area contributed by atoms with Gasteiger partial charge in [0, 0.05) is 30.0 Å². The van der Waals surface area contributed by atoms with Crippen molar-refractivity contribution in [1.82, 2.24) is 16.0 Å². The maximum atomic E-state index is 14.0. The lowest BCUT2D eigenvalue weighted by Crippen LogP contribution is -2.53. The molecule has 1 heterocycles. The molecule has 0 aliphatic carbocycles. The van der Waals surface area contributed by atoms with E-state index in [0.29, 0.717) is 24.4 Å². The van der Waals surface area contributed by atoms with E-state index >= 15 is 0 Å². The highest BCUT2D eigenvalue weighted by molar-refractivity contribution is 6.30. The SMILES string of the molecule is CC(C)CC(NC(=O)OCCc1cccc(Cl)c1)C(=O)NC(CC1CCNC1=O)C(=O)COc1c(F)c(F)cc(F)c1F. The van der Waals surface area contributed by atoms with Crippen LogP contribution in [0.3, 0.4) is 0 Å². The number of hydrogen-bond acceptors (Lipinski definition) is 6. The number of alkyl carbamates (subject to hydrolysis) is 1. The van der Waals surface area contributed by atoms with Crippen molar-refractivity contribution in [3.8, 4) is 5.75 Å². The monoisotopic (exact) mass is 629 g/mol. The fourth-order valence-corrected chi connectivity index (χ4v) is 4.67. The van der Waals surface area contributed by atoms with Gasteiger partial charge in [0.25, 0.3) is 0 Å². The van der Waals surface area contributed by atoms with Crippen molar-refractivity contribution in [2.24, 2.45) is 11.8 Å². The molecule has 0 bridgehead atoms. The average molecular weight is 630 g/mol. The minimum Gasteiger partial charge on any atom is -0.479 e. The molecule has 1 saturated heterocycles. The summed E-state index contributed by atoms with van der Waals surface area (Å²) >= 11 is 5.96. The number of nitrogens with one attached hydrogen (secondary N) is 3. The van der Waals surface area contributed by atoms with Gasteiger partial charge in [0.2, 0.25) is 23.4 Å². The maximum absolute atomic E-state index is 14.0. The van der Waals surface area contributed by atoms with Crippen LogP contribution in [-0.2, 0) is 25.5 Å². The van der Waals surface area contributed by atoms with Gasteiger partial charge in [-0.2, -0.15) is 8.78 Å². The molecule has 1 aliphatic heterocycles. The molecule has 2 aromatic rings. The third-order valence-electron chi connectivity index (χ3n) is 6.65. The average Bonchev–Trinajstić information content (AvgIpc) is 3.34. The molecule has 3 rings (SSSR count). The molecular weight excluding hydrogens is 598 g/mol. The lowest BCUT2D eigenvalue weighted by atomic mass is 9.95. The lowest BCUT2D eigenvalue weighted by molar-refractivity contribution is -0.131. The zero-order valence-electron chi connectivity index (χ0n) is 23.5. The fourth-order valence-electron chi connectivity index (χ4n) is 4.46. The van der Waals surface area contributed by atoms with E-state index < -0.39 is 71.4 Å². The van der Waals surface area contributed by atoms with Crippen molar-refractivity contribution in [3.63, 3.8) is 0 Å². The molecule has 3 unspecified atom stereocenters. The number of carbonyl (C=O) groups is 4. The Bertz CT molecular complexity index is 1320. The Morgan fingerprint density at radius 3 is 2.35 bits per heavy atom. The van der Waals surface area contributed by atoms with Crippen LogP contribution in [0.5, 0.6) is 5.75 Å². The minimum absolute atomic E-state index is 0.00870. The molecule has 1 fully saturated rings. The molecule has 14 heteroatoms. The molecule has 1 aliphatic rings. The Balaban J connectivity index is 1.69. The number of ketones is 1. The number of rotatable bonds is 14. The second-order valence-electron chi connectivity index (χ2n) is 10.5. The van der Waals surface area contributed by atoms with Crippen molar-refractivity contribution in [3.05, 3.63) is 64.2 Å². The molecule has 0 radical (unpaired) electrons. The van der Waals surface area contributed by atoms with Gasteiger partial charge in [-0.1, -0.05) is 37.6 Å². The normalized spacial score (nSPS) is 15.9. The van der Waals surface area contributed by atoms with Gasteiger partial charge in [-0.25, -0.2) is 13.6 Å². The summed E-state index contributed by atoms with van der Waals surface area (Å²) in [4.78, 5) is 51.0. The minimum atomic E-state index is -1.84. The van der Waals surface area contributed by atoms with Gasteiger partial charge in [-0.05, 0) is 42.9 Å². The summed E-state index contributed by atoms with van der Waals surface area (Å²) in [5, 5.41) is 8.09. The zero-order chi connectivity index (χ0) is 31.7. The largest absolute Gasteiger partial charge is 0.479 e. The molecule has 2 aromatic carbocycles. The van der Waals surface area contributed by atoms with Crippen LogP contribution < -0.4 is 20.7 Å². The molecule has 43 heavy (non-hydrogen) atoms. The number of halogens is 5. The van der Waals surface area contributed by atoms with E-state index in [1.807, 2.05) is 0 Å². The molecule has 0 aromatic heterocycles. The quantitative estimate of drug-likeness (QED) is 0.212.